The highest BCUT2D eigenvalue weighted by atomic mass is 19.4. The molecule has 1 aromatic carbocycles. The monoisotopic (exact) mass is 406 g/mol. The number of aryl methyl sites for hydroxylation is 1. The molecule has 152 valence electrons. The fraction of sp³-hybridized carbons (Fsp3) is 0.222. The summed E-state index contributed by atoms with van der Waals surface area (Å²) < 4.78 is 41.8. The van der Waals surface area contributed by atoms with E-state index in [-0.39, 0.29) is 17.9 Å². The lowest BCUT2D eigenvalue weighted by atomic mass is 10.2. The molecule has 29 heavy (non-hydrogen) atoms. The number of hydrogen-bond acceptors (Lipinski definition) is 6. The number of carbonyl (C=O) groups excluding carboxylic acids is 1. The number of rotatable bonds is 7. The van der Waals surface area contributed by atoms with Gasteiger partial charge in [-0.3, -0.25) is 4.79 Å². The summed E-state index contributed by atoms with van der Waals surface area (Å²) in [5, 5.41) is 18.0. The number of nitrogens with one attached hydrogen (secondary N) is 2. The molecule has 3 rings (SSSR count). The second-order valence-corrected chi connectivity index (χ2v) is 5.93. The molecule has 0 saturated heterocycles. The largest absolute Gasteiger partial charge is 0.573 e. The van der Waals surface area contributed by atoms with E-state index in [2.05, 4.69) is 30.7 Å². The van der Waals surface area contributed by atoms with Gasteiger partial charge in [0.25, 0.3) is 5.91 Å². The second-order valence-electron chi connectivity index (χ2n) is 5.93. The van der Waals surface area contributed by atoms with Crippen molar-refractivity contribution in [1.29, 1.82) is 0 Å². The van der Waals surface area contributed by atoms with Gasteiger partial charge < -0.3 is 15.4 Å². The van der Waals surface area contributed by atoms with Crippen LogP contribution in [0.3, 0.4) is 0 Å². The highest BCUT2D eigenvalue weighted by Crippen LogP contribution is 2.22. The topological polar surface area (TPSA) is 94.0 Å². The van der Waals surface area contributed by atoms with E-state index in [1.807, 2.05) is 13.0 Å². The van der Waals surface area contributed by atoms with E-state index in [0.29, 0.717) is 18.2 Å². The van der Waals surface area contributed by atoms with Crippen LogP contribution in [0, 0.1) is 6.92 Å². The molecule has 0 aliphatic heterocycles. The summed E-state index contributed by atoms with van der Waals surface area (Å²) in [7, 11) is 0. The van der Waals surface area contributed by atoms with Crippen molar-refractivity contribution in [3.8, 4) is 11.6 Å². The zero-order valence-corrected chi connectivity index (χ0v) is 15.3. The number of halogens is 3. The molecule has 0 unspecified atom stereocenters. The number of nitrogens with zero attached hydrogens (tertiary/aromatic N) is 4. The normalized spacial score (nSPS) is 11.2. The standard InChI is InChI=1S/C18H17F3N6O2/c1-12-8-11-27(26-12)16-7-6-15(24-25-16)22-9-10-23-17(28)13-2-4-14(5-3-13)29-18(19,20)21/h2-8,11H,9-10H2,1H3,(H,22,24)(H,23,28). The zero-order chi connectivity index (χ0) is 20.9. The van der Waals surface area contributed by atoms with Gasteiger partial charge in [0.2, 0.25) is 0 Å². The first-order valence-corrected chi connectivity index (χ1v) is 8.54. The Kier molecular flexibility index (Phi) is 5.96. The number of alkyl halides is 3. The summed E-state index contributed by atoms with van der Waals surface area (Å²) in [5.74, 6) is 0.305. The summed E-state index contributed by atoms with van der Waals surface area (Å²) in [5.41, 5.74) is 1.09. The van der Waals surface area contributed by atoms with E-state index in [1.165, 1.54) is 12.1 Å². The molecular formula is C18H17F3N6O2. The molecule has 2 heterocycles. The Morgan fingerprint density at radius 2 is 1.83 bits per heavy atom. The van der Waals surface area contributed by atoms with Crippen molar-refractivity contribution in [3.05, 3.63) is 59.9 Å². The van der Waals surface area contributed by atoms with Crippen LogP contribution in [0.15, 0.2) is 48.7 Å². The molecule has 0 fully saturated rings. The lowest BCUT2D eigenvalue weighted by Crippen LogP contribution is -2.29. The Labute approximate surface area is 163 Å². The smallest absolute Gasteiger partial charge is 0.406 e. The highest BCUT2D eigenvalue weighted by Gasteiger charge is 2.31. The summed E-state index contributed by atoms with van der Waals surface area (Å²) in [6.45, 7) is 2.54. The van der Waals surface area contributed by atoms with Gasteiger partial charge in [-0.2, -0.15) is 5.10 Å². The molecule has 0 radical (unpaired) electrons. The number of amides is 1. The summed E-state index contributed by atoms with van der Waals surface area (Å²) >= 11 is 0. The van der Waals surface area contributed by atoms with Crippen molar-refractivity contribution in [2.45, 2.75) is 13.3 Å². The van der Waals surface area contributed by atoms with Gasteiger partial charge in [0.15, 0.2) is 5.82 Å². The Morgan fingerprint density at radius 3 is 2.41 bits per heavy atom. The SMILES string of the molecule is Cc1ccn(-c2ccc(NCCNC(=O)c3ccc(OC(F)(F)F)cc3)nn2)n1. The summed E-state index contributed by atoms with van der Waals surface area (Å²) in [6, 6.07) is 10.0. The third-order valence-electron chi connectivity index (χ3n) is 3.67. The third-order valence-corrected chi connectivity index (χ3v) is 3.67. The van der Waals surface area contributed by atoms with Crippen LogP contribution in [0.2, 0.25) is 0 Å². The van der Waals surface area contributed by atoms with Crippen LogP contribution < -0.4 is 15.4 Å². The fourth-order valence-corrected chi connectivity index (χ4v) is 2.36. The fourth-order valence-electron chi connectivity index (χ4n) is 2.36. The zero-order valence-electron chi connectivity index (χ0n) is 15.3. The summed E-state index contributed by atoms with van der Waals surface area (Å²) in [6.07, 6.45) is -2.99. The maximum atomic E-state index is 12.1. The maximum absolute atomic E-state index is 12.1. The van der Waals surface area contributed by atoms with Crippen LogP contribution in [0.25, 0.3) is 5.82 Å². The minimum absolute atomic E-state index is 0.221. The van der Waals surface area contributed by atoms with Crippen LogP contribution in [0.1, 0.15) is 16.1 Å². The van der Waals surface area contributed by atoms with Crippen LogP contribution in [-0.4, -0.2) is 45.3 Å². The molecule has 0 spiro atoms. The van der Waals surface area contributed by atoms with Crippen molar-refractivity contribution in [2.24, 2.45) is 0 Å². The number of ether oxygens (including phenoxy) is 1. The Bertz CT molecular complexity index is 955. The Hall–Kier alpha value is -3.63. The first-order chi connectivity index (χ1) is 13.8. The number of benzene rings is 1. The lowest BCUT2D eigenvalue weighted by molar-refractivity contribution is -0.274. The van der Waals surface area contributed by atoms with Crippen molar-refractivity contribution in [3.63, 3.8) is 0 Å². The predicted octanol–water partition coefficient (Wildman–Crippen LogP) is 2.71. The van der Waals surface area contributed by atoms with E-state index < -0.39 is 12.3 Å². The second kappa shape index (κ2) is 8.59. The molecule has 11 heteroatoms. The van der Waals surface area contributed by atoms with E-state index in [0.717, 1.165) is 17.8 Å². The minimum atomic E-state index is -4.77. The molecule has 0 aliphatic carbocycles. The minimum Gasteiger partial charge on any atom is -0.406 e. The number of carbonyl (C=O) groups is 1. The maximum Gasteiger partial charge on any atom is 0.573 e. The van der Waals surface area contributed by atoms with Crippen LogP contribution in [0.5, 0.6) is 5.75 Å². The summed E-state index contributed by atoms with van der Waals surface area (Å²) in [4.78, 5) is 12.0. The van der Waals surface area contributed by atoms with Gasteiger partial charge >= 0.3 is 6.36 Å². The third kappa shape index (κ3) is 5.92. The van der Waals surface area contributed by atoms with Crippen molar-refractivity contribution < 1.29 is 22.7 Å². The lowest BCUT2D eigenvalue weighted by Gasteiger charge is -2.10. The van der Waals surface area contributed by atoms with Gasteiger partial charge in [-0.1, -0.05) is 0 Å². The van der Waals surface area contributed by atoms with Gasteiger partial charge in [-0.15, -0.1) is 23.4 Å². The van der Waals surface area contributed by atoms with Crippen molar-refractivity contribution >= 4 is 11.7 Å². The molecule has 8 nitrogen and oxygen atoms in total. The Morgan fingerprint density at radius 1 is 1.07 bits per heavy atom. The Balaban J connectivity index is 1.43. The molecule has 2 N–H and O–H groups in total. The van der Waals surface area contributed by atoms with E-state index >= 15 is 0 Å². The van der Waals surface area contributed by atoms with E-state index in [4.69, 9.17) is 0 Å². The molecule has 2 aromatic heterocycles. The quantitative estimate of drug-likeness (QED) is 0.586. The average molecular weight is 406 g/mol. The van der Waals surface area contributed by atoms with E-state index in [9.17, 15) is 18.0 Å². The molecule has 3 aromatic rings. The molecule has 0 bridgehead atoms. The van der Waals surface area contributed by atoms with Gasteiger partial charge in [0.1, 0.15) is 11.6 Å². The highest BCUT2D eigenvalue weighted by molar-refractivity contribution is 5.94. The molecule has 1 amide bonds. The molecule has 0 aliphatic rings. The van der Waals surface area contributed by atoms with Crippen LogP contribution in [0.4, 0.5) is 19.0 Å². The number of aromatic nitrogens is 4. The molecular weight excluding hydrogens is 389 g/mol. The number of anilines is 1. The number of hydrogen-bond donors (Lipinski definition) is 2. The first kappa shape index (κ1) is 20.1. The first-order valence-electron chi connectivity index (χ1n) is 8.54. The predicted molar refractivity (Wildman–Crippen MR) is 97.8 cm³/mol. The van der Waals surface area contributed by atoms with Gasteiger partial charge in [-0.25, -0.2) is 4.68 Å². The van der Waals surface area contributed by atoms with Crippen LogP contribution >= 0.6 is 0 Å². The van der Waals surface area contributed by atoms with Gasteiger partial charge in [-0.05, 0) is 49.4 Å². The average Bonchev–Trinajstić information content (AvgIpc) is 3.11. The van der Waals surface area contributed by atoms with Gasteiger partial charge in [0.05, 0.1) is 5.69 Å². The van der Waals surface area contributed by atoms with Crippen molar-refractivity contribution in [2.75, 3.05) is 18.4 Å². The van der Waals surface area contributed by atoms with Gasteiger partial charge in [0, 0.05) is 24.8 Å². The van der Waals surface area contributed by atoms with E-state index in [1.54, 1.807) is 23.0 Å². The van der Waals surface area contributed by atoms with Crippen LogP contribution in [-0.2, 0) is 0 Å². The molecule has 0 saturated carbocycles. The molecule has 0 atom stereocenters. The van der Waals surface area contributed by atoms with Crippen molar-refractivity contribution in [1.82, 2.24) is 25.3 Å².